The van der Waals surface area contributed by atoms with Crippen molar-refractivity contribution in [2.24, 2.45) is 0 Å². The molecule has 1 saturated heterocycles. The highest BCUT2D eigenvalue weighted by molar-refractivity contribution is 5.81. The lowest BCUT2D eigenvalue weighted by Gasteiger charge is -2.39. The normalized spacial score (nSPS) is 23.4. The molecule has 4 nitrogen and oxygen atoms in total. The summed E-state index contributed by atoms with van der Waals surface area (Å²) in [5, 5.41) is 6.12. The van der Waals surface area contributed by atoms with Crippen LogP contribution < -0.4 is 10.6 Å². The molecule has 0 bridgehead atoms. The quantitative estimate of drug-likeness (QED) is 0.728. The fourth-order valence-electron chi connectivity index (χ4n) is 2.63. The average Bonchev–Trinajstić information content (AvgIpc) is 2.36. The summed E-state index contributed by atoms with van der Waals surface area (Å²) in [5.41, 5.74) is 0. The average molecular weight is 241 g/mol. The van der Waals surface area contributed by atoms with Gasteiger partial charge >= 0.3 is 0 Å². The lowest BCUT2D eigenvalue weighted by atomic mass is 9.97. The van der Waals surface area contributed by atoms with Crippen LogP contribution in [0.25, 0.3) is 0 Å². The lowest BCUT2D eigenvalue weighted by Crippen LogP contribution is -2.52. The van der Waals surface area contributed by atoms with Gasteiger partial charge in [-0.25, -0.2) is 0 Å². The van der Waals surface area contributed by atoms with Gasteiger partial charge in [0.2, 0.25) is 5.91 Å². The molecule has 1 fully saturated rings. The van der Waals surface area contributed by atoms with Gasteiger partial charge in [-0.3, -0.25) is 9.69 Å². The van der Waals surface area contributed by atoms with Gasteiger partial charge in [-0.15, -0.1) is 0 Å². The summed E-state index contributed by atoms with van der Waals surface area (Å²) in [6, 6.07) is 0.575. The molecule has 0 aromatic rings. The van der Waals surface area contributed by atoms with Gasteiger partial charge < -0.3 is 10.6 Å². The predicted molar refractivity (Wildman–Crippen MR) is 71.0 cm³/mol. The number of rotatable bonds is 6. The van der Waals surface area contributed by atoms with E-state index in [1.807, 2.05) is 20.9 Å². The van der Waals surface area contributed by atoms with Crippen molar-refractivity contribution in [2.45, 2.75) is 51.6 Å². The molecule has 0 aromatic heterocycles. The van der Waals surface area contributed by atoms with E-state index < -0.39 is 0 Å². The van der Waals surface area contributed by atoms with Crippen LogP contribution in [-0.4, -0.2) is 49.6 Å². The molecule has 100 valence electrons. The van der Waals surface area contributed by atoms with Gasteiger partial charge in [0.25, 0.3) is 0 Å². The fourth-order valence-corrected chi connectivity index (χ4v) is 2.63. The van der Waals surface area contributed by atoms with Crippen LogP contribution in [0.1, 0.15) is 39.5 Å². The number of hydrogen-bond donors (Lipinski definition) is 2. The SMILES string of the molecule is CCNC(=O)C(C)N1CCCCC1CCNC. The third-order valence-corrected chi connectivity index (χ3v) is 3.63. The van der Waals surface area contributed by atoms with Gasteiger partial charge in [0.1, 0.15) is 0 Å². The summed E-state index contributed by atoms with van der Waals surface area (Å²) in [4.78, 5) is 14.3. The van der Waals surface area contributed by atoms with Gasteiger partial charge in [0.05, 0.1) is 6.04 Å². The summed E-state index contributed by atoms with van der Waals surface area (Å²) < 4.78 is 0. The summed E-state index contributed by atoms with van der Waals surface area (Å²) in [6.07, 6.45) is 4.89. The molecule has 17 heavy (non-hydrogen) atoms. The second-order valence-corrected chi connectivity index (χ2v) is 4.85. The Hall–Kier alpha value is -0.610. The first kappa shape index (κ1) is 14.5. The molecule has 0 aliphatic carbocycles. The predicted octanol–water partition coefficient (Wildman–Crippen LogP) is 0.975. The first-order valence-corrected chi connectivity index (χ1v) is 6.88. The maximum atomic E-state index is 11.9. The van der Waals surface area contributed by atoms with Crippen LogP contribution in [0.4, 0.5) is 0 Å². The highest BCUT2D eigenvalue weighted by Crippen LogP contribution is 2.21. The van der Waals surface area contributed by atoms with E-state index in [1.54, 1.807) is 0 Å². The molecule has 1 heterocycles. The van der Waals surface area contributed by atoms with E-state index in [0.29, 0.717) is 6.04 Å². The van der Waals surface area contributed by atoms with Crippen LogP contribution in [0.3, 0.4) is 0 Å². The minimum atomic E-state index is 0.0112. The standard InChI is InChI=1S/C13H27N3O/c1-4-15-13(17)11(2)16-10-6-5-7-12(16)8-9-14-3/h11-12,14H,4-10H2,1-3H3,(H,15,17). The van der Waals surface area contributed by atoms with Crippen molar-refractivity contribution < 1.29 is 4.79 Å². The monoisotopic (exact) mass is 241 g/mol. The van der Waals surface area contributed by atoms with Gasteiger partial charge in [-0.2, -0.15) is 0 Å². The molecule has 0 spiro atoms. The van der Waals surface area contributed by atoms with Gasteiger partial charge in [-0.05, 0) is 53.2 Å². The van der Waals surface area contributed by atoms with Crippen molar-refractivity contribution in [3.63, 3.8) is 0 Å². The van der Waals surface area contributed by atoms with Crippen LogP contribution in [-0.2, 0) is 4.79 Å². The van der Waals surface area contributed by atoms with E-state index in [1.165, 1.54) is 19.3 Å². The minimum Gasteiger partial charge on any atom is -0.355 e. The molecule has 2 atom stereocenters. The Balaban J connectivity index is 2.53. The van der Waals surface area contributed by atoms with E-state index in [2.05, 4.69) is 15.5 Å². The fraction of sp³-hybridized carbons (Fsp3) is 0.923. The Labute approximate surface area is 105 Å². The molecule has 0 radical (unpaired) electrons. The second kappa shape index (κ2) is 7.67. The molecule has 2 unspecified atom stereocenters. The summed E-state index contributed by atoms with van der Waals surface area (Å²) in [5.74, 6) is 0.170. The zero-order valence-corrected chi connectivity index (χ0v) is 11.5. The largest absolute Gasteiger partial charge is 0.355 e. The molecule has 0 saturated carbocycles. The minimum absolute atomic E-state index is 0.0112. The number of nitrogens with zero attached hydrogens (tertiary/aromatic N) is 1. The van der Waals surface area contributed by atoms with Crippen LogP contribution in [0.5, 0.6) is 0 Å². The van der Waals surface area contributed by atoms with Crippen molar-refractivity contribution in [3.8, 4) is 0 Å². The highest BCUT2D eigenvalue weighted by atomic mass is 16.2. The summed E-state index contributed by atoms with van der Waals surface area (Å²) in [7, 11) is 1.99. The molecule has 1 rings (SSSR count). The molecular formula is C13H27N3O. The molecule has 1 amide bonds. The topological polar surface area (TPSA) is 44.4 Å². The number of nitrogens with one attached hydrogen (secondary N) is 2. The number of hydrogen-bond acceptors (Lipinski definition) is 3. The number of likely N-dealkylation sites (tertiary alicyclic amines) is 1. The molecule has 0 aromatic carbocycles. The Morgan fingerprint density at radius 3 is 2.88 bits per heavy atom. The number of carbonyl (C=O) groups is 1. The molecule has 1 aliphatic rings. The number of carbonyl (C=O) groups excluding carboxylic acids is 1. The van der Waals surface area contributed by atoms with Crippen molar-refractivity contribution in [3.05, 3.63) is 0 Å². The third-order valence-electron chi connectivity index (χ3n) is 3.63. The number of likely N-dealkylation sites (N-methyl/N-ethyl adjacent to an activating group) is 1. The van der Waals surface area contributed by atoms with E-state index in [0.717, 1.165) is 26.1 Å². The smallest absolute Gasteiger partial charge is 0.237 e. The van der Waals surface area contributed by atoms with E-state index >= 15 is 0 Å². The van der Waals surface area contributed by atoms with Gasteiger partial charge in [0.15, 0.2) is 0 Å². The Kier molecular flexibility index (Phi) is 6.52. The molecule has 1 aliphatic heterocycles. The van der Waals surface area contributed by atoms with E-state index in [4.69, 9.17) is 0 Å². The molecule has 4 heteroatoms. The van der Waals surface area contributed by atoms with Crippen LogP contribution in [0.15, 0.2) is 0 Å². The Bertz CT molecular complexity index is 233. The van der Waals surface area contributed by atoms with Crippen LogP contribution in [0, 0.1) is 0 Å². The number of piperidine rings is 1. The Morgan fingerprint density at radius 2 is 2.24 bits per heavy atom. The second-order valence-electron chi connectivity index (χ2n) is 4.85. The first-order chi connectivity index (χ1) is 8.20. The van der Waals surface area contributed by atoms with Crippen LogP contribution in [0.2, 0.25) is 0 Å². The van der Waals surface area contributed by atoms with Crippen molar-refractivity contribution in [1.29, 1.82) is 0 Å². The zero-order valence-electron chi connectivity index (χ0n) is 11.5. The summed E-state index contributed by atoms with van der Waals surface area (Å²) >= 11 is 0. The summed E-state index contributed by atoms with van der Waals surface area (Å²) in [6.45, 7) is 6.82. The van der Waals surface area contributed by atoms with Crippen molar-refractivity contribution >= 4 is 5.91 Å². The lowest BCUT2D eigenvalue weighted by molar-refractivity contribution is -0.127. The van der Waals surface area contributed by atoms with E-state index in [9.17, 15) is 4.79 Å². The van der Waals surface area contributed by atoms with Crippen molar-refractivity contribution in [2.75, 3.05) is 26.7 Å². The third kappa shape index (κ3) is 4.28. The van der Waals surface area contributed by atoms with Crippen LogP contribution >= 0.6 is 0 Å². The zero-order chi connectivity index (χ0) is 12.7. The highest BCUT2D eigenvalue weighted by Gasteiger charge is 2.29. The molecular weight excluding hydrogens is 214 g/mol. The van der Waals surface area contributed by atoms with E-state index in [-0.39, 0.29) is 11.9 Å². The Morgan fingerprint density at radius 1 is 1.47 bits per heavy atom. The first-order valence-electron chi connectivity index (χ1n) is 6.88. The van der Waals surface area contributed by atoms with Crippen molar-refractivity contribution in [1.82, 2.24) is 15.5 Å². The van der Waals surface area contributed by atoms with Gasteiger partial charge in [-0.1, -0.05) is 6.42 Å². The molecule has 2 N–H and O–H groups in total. The maximum absolute atomic E-state index is 11.9. The van der Waals surface area contributed by atoms with Gasteiger partial charge in [0, 0.05) is 12.6 Å². The number of amides is 1. The maximum Gasteiger partial charge on any atom is 0.237 e.